The molecule has 19 nitrogen and oxygen atoms in total. The number of benzene rings is 8. The summed E-state index contributed by atoms with van der Waals surface area (Å²) in [5.41, 5.74) is 8.07. The average molecular weight is 1870 g/mol. The highest BCUT2D eigenvalue weighted by molar-refractivity contribution is 9.11. The Morgan fingerprint density at radius 3 is 1.28 bits per heavy atom. The van der Waals surface area contributed by atoms with Crippen molar-refractivity contribution in [3.63, 3.8) is 0 Å². The number of hydrogen-bond donors (Lipinski definition) is 3. The van der Waals surface area contributed by atoms with Crippen LogP contribution in [0, 0.1) is 18.8 Å². The highest BCUT2D eigenvalue weighted by Crippen LogP contribution is 2.39. The lowest BCUT2D eigenvalue weighted by Gasteiger charge is -2.39. The maximum absolute atomic E-state index is 13.4. The zero-order chi connectivity index (χ0) is 82.7. The first kappa shape index (κ1) is 89.6. The number of rotatable bonds is 17. The van der Waals surface area contributed by atoms with Crippen molar-refractivity contribution in [1.82, 2.24) is 25.3 Å². The normalized spacial score (nSPS) is 14.5. The second-order valence-corrected chi connectivity index (χ2v) is 30.8. The lowest BCUT2D eigenvalue weighted by molar-refractivity contribution is -0.143. The quantitative estimate of drug-likeness (QED) is 0.0253. The molecule has 0 bridgehead atoms. The largest absolute Gasteiger partial charge is 0.497 e. The molecular weight excluding hydrogens is 1780 g/mol. The van der Waals surface area contributed by atoms with E-state index in [9.17, 15) is 14.8 Å². The van der Waals surface area contributed by atoms with Crippen LogP contribution in [0.15, 0.2) is 263 Å². The number of carbonyl (C=O) groups excluding carboxylic acids is 1. The fourth-order valence-electron chi connectivity index (χ4n) is 13.4. The first-order valence-corrected chi connectivity index (χ1v) is 41.6. The summed E-state index contributed by atoms with van der Waals surface area (Å²) in [6.07, 6.45) is 9.38. The molecule has 0 fully saturated rings. The molecule has 12 aromatic rings. The van der Waals surface area contributed by atoms with Gasteiger partial charge in [-0.1, -0.05) is 239 Å². The number of halogens is 5. The number of methoxy groups -OCH3 is 7. The molecule has 3 N–H and O–H groups in total. The Balaban J connectivity index is 0.000000168. The SMILES string of the molecule is BrCc1cnc(Br)c2ccccc12.CCc1cc(OC)c(B(O)O)c(OC)c1.COC(=O)[C@H](Cc1cnc(Br)c2ccccc12)NC(c1ccccc1)(c1ccccc1)c1ccccc1.COC1=N[C@H](C(C)C)C(OC)=NC1.COC1=N[C@H](C(C)C)C(OC)=N[C@H]1Cc1cnc(Br)c2ccccc12.Cc1cnc(Br)c2ccccc12. The molecule has 4 aromatic heterocycles. The van der Waals surface area contributed by atoms with Crippen LogP contribution in [0.4, 0.5) is 0 Å². The summed E-state index contributed by atoms with van der Waals surface area (Å²) in [6.45, 7) is 12.9. The van der Waals surface area contributed by atoms with Gasteiger partial charge in [-0.3, -0.25) is 10.1 Å². The van der Waals surface area contributed by atoms with E-state index >= 15 is 0 Å². The Hall–Kier alpha value is -9.31. The molecule has 0 saturated heterocycles. The molecule has 6 heterocycles. The predicted octanol–water partition coefficient (Wildman–Crippen LogP) is 19.0. The Morgan fingerprint density at radius 2 is 0.878 bits per heavy atom. The zero-order valence-electron chi connectivity index (χ0n) is 66.6. The molecule has 2 aliphatic heterocycles. The minimum atomic E-state index is -1.60. The summed E-state index contributed by atoms with van der Waals surface area (Å²) in [4.78, 5) is 49.0. The van der Waals surface area contributed by atoms with Crippen LogP contribution in [-0.2, 0) is 58.6 Å². The molecule has 4 atom stereocenters. The minimum absolute atomic E-state index is 0.00806. The van der Waals surface area contributed by atoms with E-state index in [0.717, 1.165) is 85.1 Å². The van der Waals surface area contributed by atoms with Gasteiger partial charge in [0.25, 0.3) is 0 Å². The van der Waals surface area contributed by atoms with Crippen LogP contribution in [-0.4, -0.2) is 147 Å². The smallest absolute Gasteiger partial charge is 0.496 e. The van der Waals surface area contributed by atoms with Crippen LogP contribution in [0.2, 0.25) is 0 Å². The number of nitrogens with zero attached hydrogens (tertiary/aromatic N) is 8. The number of esters is 1. The molecule has 8 aromatic carbocycles. The maximum atomic E-state index is 13.4. The Bertz CT molecular complexity index is 5180. The van der Waals surface area contributed by atoms with Crippen LogP contribution in [0.5, 0.6) is 11.5 Å². The Labute approximate surface area is 715 Å². The van der Waals surface area contributed by atoms with Gasteiger partial charge in [0, 0.05) is 64.5 Å². The Morgan fingerprint density at radius 1 is 0.487 bits per heavy atom. The van der Waals surface area contributed by atoms with E-state index in [1.807, 2.05) is 141 Å². The van der Waals surface area contributed by atoms with Crippen LogP contribution in [0.25, 0.3) is 43.1 Å². The molecule has 14 rings (SSSR count). The summed E-state index contributed by atoms with van der Waals surface area (Å²) in [5.74, 6) is 3.89. The highest BCUT2D eigenvalue weighted by Gasteiger charge is 2.41. The van der Waals surface area contributed by atoms with Crippen molar-refractivity contribution in [3.05, 3.63) is 288 Å². The van der Waals surface area contributed by atoms with Gasteiger partial charge in [-0.05, 0) is 167 Å². The van der Waals surface area contributed by atoms with Gasteiger partial charge in [-0.15, -0.1) is 0 Å². The van der Waals surface area contributed by atoms with E-state index in [1.165, 1.54) is 54.0 Å². The van der Waals surface area contributed by atoms with Gasteiger partial charge in [0.15, 0.2) is 0 Å². The van der Waals surface area contributed by atoms with E-state index in [4.69, 9.17) is 43.1 Å². The fourth-order valence-corrected chi connectivity index (χ4v) is 15.6. The second kappa shape index (κ2) is 44.1. The summed E-state index contributed by atoms with van der Waals surface area (Å²) in [5, 5.41) is 32.2. The lowest BCUT2D eigenvalue weighted by atomic mass is 9.76. The second-order valence-electron chi connectivity index (χ2n) is 27.2. The molecule has 0 spiro atoms. The van der Waals surface area contributed by atoms with Gasteiger partial charge in [-0.25, -0.2) is 39.9 Å². The van der Waals surface area contributed by atoms with Crippen molar-refractivity contribution >= 4 is 165 Å². The average Bonchev–Trinajstić information content (AvgIpc) is 0.747. The standard InChI is InChI=1S/C32H27BrN2O2.C19H22BrN3O2.C10H15BO4.C10H7Br2N.C10H8BrN.C9H16N2O2/c1-37-31(36)29(21-23-22-34-30(33)28-20-12-11-19-27(23)28)35-32(24-13-5-2-6-14-24,25-15-7-3-8-16-25)26-17-9-4-10-18-26;1-11(2)16-19(25-4)22-15(18(23-16)24-3)9-12-10-21-17(20)14-8-6-5-7-13(12)14;1-4-7-5-8(14-2)10(11(12)13)9(6-7)15-3;11-5-7-6-13-10(12)9-4-2-1-3-8(7)9;1-7-6-12-10(11)9-5-3-2-4-8(7)9;1-6(2)8-9(13-4)10-5-7(11-8)12-3/h2-20,22,29,35H,21H2,1H3;5-8,10-11,15-16H,9H2,1-4H3;5-6,12-13H,4H2,1-3H3;1-4,6H,5H2;2-6H,1H3;6,8H,5H2,1-4H3/t29-;15-,16+;;;;8-/m00...1/s1. The molecule has 25 heteroatoms. The number of pyridine rings is 4. The van der Waals surface area contributed by atoms with Crippen LogP contribution < -0.4 is 20.3 Å². The van der Waals surface area contributed by atoms with E-state index in [2.05, 4.69) is 228 Å². The van der Waals surface area contributed by atoms with Gasteiger partial charge in [0.1, 0.15) is 60.6 Å². The van der Waals surface area contributed by atoms with Crippen molar-refractivity contribution in [2.24, 2.45) is 31.8 Å². The first-order chi connectivity index (χ1) is 55.6. The molecule has 2 aliphatic rings. The fraction of sp³-hybridized carbons (Fsp3) is 0.278. The molecule has 0 saturated carbocycles. The number of aliphatic imine (C=N–C) groups is 4. The van der Waals surface area contributed by atoms with Crippen molar-refractivity contribution in [2.75, 3.05) is 56.3 Å². The van der Waals surface area contributed by atoms with Gasteiger partial charge in [-0.2, -0.15) is 0 Å². The first-order valence-electron chi connectivity index (χ1n) is 37.3. The van der Waals surface area contributed by atoms with E-state index in [1.54, 1.807) is 40.6 Å². The third-order valence-electron chi connectivity index (χ3n) is 19.3. The van der Waals surface area contributed by atoms with Crippen LogP contribution in [0.3, 0.4) is 0 Å². The number of carbonyl (C=O) groups is 1. The maximum Gasteiger partial charge on any atom is 0.496 e. The van der Waals surface area contributed by atoms with E-state index in [-0.39, 0.29) is 29.6 Å². The van der Waals surface area contributed by atoms with Crippen LogP contribution in [0.1, 0.15) is 79.1 Å². The predicted molar refractivity (Wildman–Crippen MR) is 483 cm³/mol. The molecule has 0 radical (unpaired) electrons. The summed E-state index contributed by atoms with van der Waals surface area (Å²) in [7, 11) is 9.35. The monoisotopic (exact) mass is 1870 g/mol. The lowest BCUT2D eigenvalue weighted by Crippen LogP contribution is -2.53. The molecule has 115 heavy (non-hydrogen) atoms. The third kappa shape index (κ3) is 22.7. The van der Waals surface area contributed by atoms with Crippen LogP contribution >= 0.6 is 79.6 Å². The molecule has 0 aliphatic carbocycles. The van der Waals surface area contributed by atoms with E-state index < -0.39 is 18.7 Å². The number of hydrogen-bond acceptors (Lipinski definition) is 19. The number of ether oxygens (including phenoxy) is 7. The number of nitrogens with one attached hydrogen (secondary N) is 1. The minimum Gasteiger partial charge on any atom is -0.497 e. The number of aryl methyl sites for hydroxylation is 2. The van der Waals surface area contributed by atoms with Crippen molar-refractivity contribution in [3.8, 4) is 11.5 Å². The van der Waals surface area contributed by atoms with Gasteiger partial charge in [0.2, 0.25) is 23.6 Å². The Kier molecular flexibility index (Phi) is 34.4. The van der Waals surface area contributed by atoms with Gasteiger partial charge in [0.05, 0.1) is 60.8 Å². The van der Waals surface area contributed by atoms with E-state index in [0.29, 0.717) is 66.3 Å². The number of fused-ring (bicyclic) bond motifs is 4. The number of alkyl halides is 1. The molecular formula is C90H95BBr5N9O10. The molecule has 598 valence electrons. The summed E-state index contributed by atoms with van der Waals surface area (Å²) < 4.78 is 40.2. The van der Waals surface area contributed by atoms with Crippen molar-refractivity contribution in [2.45, 2.75) is 95.8 Å². The third-order valence-corrected chi connectivity index (χ3v) is 22.4. The molecule has 0 unspecified atom stereocenters. The van der Waals surface area contributed by atoms with Crippen molar-refractivity contribution in [1.29, 1.82) is 0 Å². The summed E-state index contributed by atoms with van der Waals surface area (Å²) in [6, 6.07) is 66.1. The number of aromatic nitrogens is 4. The van der Waals surface area contributed by atoms with Gasteiger partial charge >= 0.3 is 13.1 Å². The topological polar surface area (TPSA) is 235 Å². The van der Waals surface area contributed by atoms with Crippen molar-refractivity contribution < 1.29 is 48.0 Å². The molecule has 0 amide bonds. The summed E-state index contributed by atoms with van der Waals surface area (Å²) >= 11 is 17.4. The van der Waals surface area contributed by atoms with Gasteiger partial charge < -0.3 is 43.2 Å². The zero-order valence-corrected chi connectivity index (χ0v) is 74.5. The highest BCUT2D eigenvalue weighted by atomic mass is 79.9.